The van der Waals surface area contributed by atoms with Crippen LogP contribution in [0.15, 0.2) is 18.2 Å². The molecule has 1 heterocycles. The average molecular weight is 298 g/mol. The summed E-state index contributed by atoms with van der Waals surface area (Å²) in [5.74, 6) is -1.38. The zero-order valence-electron chi connectivity index (χ0n) is 12.2. The maximum absolute atomic E-state index is 13.2. The monoisotopic (exact) mass is 298 g/mol. The lowest BCUT2D eigenvalue weighted by molar-refractivity contribution is 0.0272. The summed E-state index contributed by atoms with van der Waals surface area (Å²) in [6.07, 6.45) is 0.457. The number of hydrogen-bond acceptors (Lipinski definition) is 2. The smallest absolute Gasteiger partial charge is 0.322 e. The van der Waals surface area contributed by atoms with Crippen molar-refractivity contribution in [1.29, 1.82) is 0 Å². The summed E-state index contributed by atoms with van der Waals surface area (Å²) >= 11 is 0. The fraction of sp³-hybridized carbons (Fsp3) is 0.533. The lowest BCUT2D eigenvalue weighted by atomic mass is 10.1. The second kappa shape index (κ2) is 6.39. The summed E-state index contributed by atoms with van der Waals surface area (Å²) in [5, 5.41) is 10.3. The van der Waals surface area contributed by atoms with Gasteiger partial charge in [0.1, 0.15) is 11.6 Å². The van der Waals surface area contributed by atoms with Crippen LogP contribution in [0.5, 0.6) is 0 Å². The van der Waals surface area contributed by atoms with Gasteiger partial charge < -0.3 is 10.0 Å². The van der Waals surface area contributed by atoms with E-state index in [4.69, 9.17) is 0 Å². The van der Waals surface area contributed by atoms with Crippen LogP contribution in [-0.2, 0) is 6.54 Å². The maximum atomic E-state index is 13.2. The van der Waals surface area contributed by atoms with Crippen LogP contribution in [-0.4, -0.2) is 39.8 Å². The minimum atomic E-state index is -0.958. The first-order chi connectivity index (χ1) is 9.97. The van der Waals surface area contributed by atoms with Gasteiger partial charge in [0.15, 0.2) is 6.23 Å². The van der Waals surface area contributed by atoms with Gasteiger partial charge in [0.2, 0.25) is 0 Å². The van der Waals surface area contributed by atoms with Crippen LogP contribution in [0.25, 0.3) is 0 Å². The van der Waals surface area contributed by atoms with Crippen molar-refractivity contribution in [1.82, 2.24) is 9.80 Å². The molecule has 1 aromatic rings. The summed E-state index contributed by atoms with van der Waals surface area (Å²) in [6.45, 7) is 4.40. The lowest BCUT2D eigenvalue weighted by Gasteiger charge is -2.22. The molecule has 0 radical (unpaired) electrons. The van der Waals surface area contributed by atoms with Crippen LogP contribution in [0.1, 0.15) is 32.3 Å². The fourth-order valence-electron chi connectivity index (χ4n) is 2.78. The number of aliphatic hydroxyl groups is 1. The lowest BCUT2D eigenvalue weighted by Crippen LogP contribution is -2.36. The van der Waals surface area contributed by atoms with E-state index >= 15 is 0 Å². The molecule has 0 aromatic heterocycles. The van der Waals surface area contributed by atoms with Crippen LogP contribution in [0.4, 0.5) is 13.6 Å². The Balaban J connectivity index is 2.21. The molecule has 0 aliphatic carbocycles. The summed E-state index contributed by atoms with van der Waals surface area (Å²) in [4.78, 5) is 15.2. The molecule has 1 saturated heterocycles. The van der Waals surface area contributed by atoms with E-state index < -0.39 is 17.9 Å². The van der Waals surface area contributed by atoms with Crippen molar-refractivity contribution in [3.8, 4) is 0 Å². The number of halogens is 2. The summed E-state index contributed by atoms with van der Waals surface area (Å²) in [7, 11) is 0. The molecule has 2 atom stereocenters. The third-order valence-corrected chi connectivity index (χ3v) is 3.71. The van der Waals surface area contributed by atoms with E-state index in [1.54, 1.807) is 4.90 Å². The molecule has 0 spiro atoms. The van der Waals surface area contributed by atoms with Crippen molar-refractivity contribution in [3.63, 3.8) is 0 Å². The second-order valence-corrected chi connectivity index (χ2v) is 5.27. The number of rotatable bonds is 5. The van der Waals surface area contributed by atoms with Gasteiger partial charge in [-0.2, -0.15) is 0 Å². The Morgan fingerprint density at radius 3 is 2.29 bits per heavy atom. The standard InChI is InChI=1S/C15H20F2N2O2/c1-3-5-18-13(4-2)14(20)19(15(18)21)9-10-6-11(16)8-12(17)7-10/h6-8,13-14,20H,3-5,9H2,1-2H3. The predicted octanol–water partition coefficient (Wildman–Crippen LogP) is 2.71. The van der Waals surface area contributed by atoms with Crippen molar-refractivity contribution >= 4 is 6.03 Å². The van der Waals surface area contributed by atoms with Gasteiger partial charge in [0.05, 0.1) is 12.6 Å². The number of urea groups is 1. The molecule has 0 saturated carbocycles. The molecule has 6 heteroatoms. The molecular weight excluding hydrogens is 278 g/mol. The first-order valence-corrected chi connectivity index (χ1v) is 7.18. The third kappa shape index (κ3) is 3.15. The van der Waals surface area contributed by atoms with E-state index in [2.05, 4.69) is 0 Å². The van der Waals surface area contributed by atoms with Crippen LogP contribution in [0.2, 0.25) is 0 Å². The van der Waals surface area contributed by atoms with Gasteiger partial charge in [-0.1, -0.05) is 13.8 Å². The minimum absolute atomic E-state index is 0.00854. The van der Waals surface area contributed by atoms with E-state index in [0.29, 0.717) is 18.5 Å². The van der Waals surface area contributed by atoms with Crippen molar-refractivity contribution in [3.05, 3.63) is 35.4 Å². The van der Waals surface area contributed by atoms with Crippen LogP contribution >= 0.6 is 0 Å². The summed E-state index contributed by atoms with van der Waals surface area (Å²) in [5.41, 5.74) is 0.327. The van der Waals surface area contributed by atoms with Crippen LogP contribution in [0.3, 0.4) is 0 Å². The molecule has 0 bridgehead atoms. The van der Waals surface area contributed by atoms with Crippen molar-refractivity contribution in [2.75, 3.05) is 6.54 Å². The fourth-order valence-corrected chi connectivity index (χ4v) is 2.78. The zero-order chi connectivity index (χ0) is 15.6. The maximum Gasteiger partial charge on any atom is 0.322 e. The highest BCUT2D eigenvalue weighted by Crippen LogP contribution is 2.26. The quantitative estimate of drug-likeness (QED) is 0.908. The number of aliphatic hydroxyl groups excluding tert-OH is 1. The molecular formula is C15H20F2N2O2. The Kier molecular flexibility index (Phi) is 4.77. The van der Waals surface area contributed by atoms with E-state index in [1.165, 1.54) is 17.0 Å². The third-order valence-electron chi connectivity index (χ3n) is 3.71. The number of amides is 2. The molecule has 1 N–H and O–H groups in total. The second-order valence-electron chi connectivity index (χ2n) is 5.27. The Morgan fingerprint density at radius 2 is 1.76 bits per heavy atom. The van der Waals surface area contributed by atoms with Crippen LogP contribution < -0.4 is 0 Å². The van der Waals surface area contributed by atoms with Gasteiger partial charge in [-0.15, -0.1) is 0 Å². The molecule has 116 valence electrons. The average Bonchev–Trinajstić information content (AvgIpc) is 2.62. The van der Waals surface area contributed by atoms with Crippen molar-refractivity contribution < 1.29 is 18.7 Å². The SMILES string of the molecule is CCCN1C(=O)N(Cc2cc(F)cc(F)c2)C(O)C1CC. The molecule has 1 aliphatic heterocycles. The first kappa shape index (κ1) is 15.7. The highest BCUT2D eigenvalue weighted by Gasteiger charge is 2.43. The Morgan fingerprint density at radius 1 is 1.14 bits per heavy atom. The molecule has 21 heavy (non-hydrogen) atoms. The predicted molar refractivity (Wildman–Crippen MR) is 74.4 cm³/mol. The number of hydrogen-bond donors (Lipinski definition) is 1. The Labute approximate surface area is 123 Å². The molecule has 2 unspecified atom stereocenters. The van der Waals surface area contributed by atoms with Crippen molar-refractivity contribution in [2.24, 2.45) is 0 Å². The van der Waals surface area contributed by atoms with Gasteiger partial charge in [-0.05, 0) is 30.5 Å². The number of nitrogens with zero attached hydrogens (tertiary/aromatic N) is 2. The van der Waals surface area contributed by atoms with Gasteiger partial charge in [0, 0.05) is 12.6 Å². The van der Waals surface area contributed by atoms with Crippen molar-refractivity contribution in [2.45, 2.75) is 45.5 Å². The number of carbonyl (C=O) groups is 1. The van der Waals surface area contributed by atoms with Gasteiger partial charge in [-0.25, -0.2) is 13.6 Å². The molecule has 4 nitrogen and oxygen atoms in total. The Bertz CT molecular complexity index is 504. The largest absolute Gasteiger partial charge is 0.371 e. The van der Waals surface area contributed by atoms with E-state index in [0.717, 1.165) is 12.5 Å². The molecule has 2 rings (SSSR count). The molecule has 2 amide bonds. The molecule has 1 fully saturated rings. The number of carbonyl (C=O) groups excluding carboxylic acids is 1. The highest BCUT2D eigenvalue weighted by atomic mass is 19.1. The van der Waals surface area contributed by atoms with E-state index in [-0.39, 0.29) is 18.6 Å². The van der Waals surface area contributed by atoms with Gasteiger partial charge in [-0.3, -0.25) is 4.90 Å². The van der Waals surface area contributed by atoms with Crippen LogP contribution in [0, 0.1) is 11.6 Å². The van der Waals surface area contributed by atoms with Gasteiger partial charge in [0.25, 0.3) is 0 Å². The summed E-state index contributed by atoms with van der Waals surface area (Å²) < 4.78 is 26.4. The van der Waals surface area contributed by atoms with E-state index in [9.17, 15) is 18.7 Å². The van der Waals surface area contributed by atoms with E-state index in [1.807, 2.05) is 13.8 Å². The number of benzene rings is 1. The molecule has 1 aliphatic rings. The normalized spacial score (nSPS) is 22.2. The summed E-state index contributed by atoms with van der Waals surface area (Å²) in [6, 6.07) is 2.56. The van der Waals surface area contributed by atoms with Gasteiger partial charge >= 0.3 is 6.03 Å². The first-order valence-electron chi connectivity index (χ1n) is 7.18. The zero-order valence-corrected chi connectivity index (χ0v) is 12.2. The Hall–Kier alpha value is -1.69. The highest BCUT2D eigenvalue weighted by molar-refractivity contribution is 5.77. The minimum Gasteiger partial charge on any atom is -0.371 e. The topological polar surface area (TPSA) is 43.8 Å². The molecule has 1 aromatic carbocycles.